The zero-order valence-electron chi connectivity index (χ0n) is 12.2. The number of carbonyl (C=O) groups excluding carboxylic acids is 1. The Hall–Kier alpha value is -0.820. The molecule has 0 spiro atoms. The van der Waals surface area contributed by atoms with Gasteiger partial charge in [0.2, 0.25) is 5.91 Å². The van der Waals surface area contributed by atoms with E-state index in [1.54, 1.807) is 0 Å². The Labute approximate surface area is 123 Å². The molecule has 7 heteroatoms. The van der Waals surface area contributed by atoms with Gasteiger partial charge in [0.05, 0.1) is 12.5 Å². The van der Waals surface area contributed by atoms with Gasteiger partial charge >= 0.3 is 6.18 Å². The van der Waals surface area contributed by atoms with Crippen molar-refractivity contribution in [3.8, 4) is 0 Å². The molecule has 122 valence electrons. The van der Waals surface area contributed by atoms with Gasteiger partial charge in [-0.1, -0.05) is 0 Å². The van der Waals surface area contributed by atoms with Crippen LogP contribution in [0.2, 0.25) is 0 Å². The number of halogens is 3. The number of rotatable bonds is 5. The van der Waals surface area contributed by atoms with E-state index in [9.17, 15) is 18.0 Å². The standard InChI is InChI=1S/C14H24F3N3O/c15-14(16,17)5-8-20-7-2-3-11(10-20)9-19-13(21)12-4-1-6-18-12/h11-12,18H,1-10H2,(H,19,21). The molecule has 21 heavy (non-hydrogen) atoms. The van der Waals surface area contributed by atoms with Crippen molar-refractivity contribution in [2.24, 2.45) is 5.92 Å². The monoisotopic (exact) mass is 307 g/mol. The lowest BCUT2D eigenvalue weighted by Gasteiger charge is -2.33. The summed E-state index contributed by atoms with van der Waals surface area (Å²) in [4.78, 5) is 13.8. The average Bonchev–Trinajstić information content (AvgIpc) is 2.96. The maximum atomic E-state index is 12.2. The number of alkyl halides is 3. The highest BCUT2D eigenvalue weighted by Gasteiger charge is 2.29. The first-order valence-electron chi connectivity index (χ1n) is 7.74. The first kappa shape index (κ1) is 16.5. The second-order valence-corrected chi connectivity index (χ2v) is 6.07. The molecule has 2 N–H and O–H groups in total. The van der Waals surface area contributed by atoms with E-state index >= 15 is 0 Å². The quantitative estimate of drug-likeness (QED) is 0.809. The van der Waals surface area contributed by atoms with E-state index < -0.39 is 12.6 Å². The summed E-state index contributed by atoms with van der Waals surface area (Å²) >= 11 is 0. The third-order valence-electron chi connectivity index (χ3n) is 4.26. The number of piperidine rings is 1. The Kier molecular flexibility index (Phi) is 5.87. The van der Waals surface area contributed by atoms with Crippen LogP contribution in [0.25, 0.3) is 0 Å². The van der Waals surface area contributed by atoms with Crippen LogP contribution in [0.15, 0.2) is 0 Å². The van der Waals surface area contributed by atoms with Crippen LogP contribution in [-0.2, 0) is 4.79 Å². The van der Waals surface area contributed by atoms with Crippen molar-refractivity contribution in [3.63, 3.8) is 0 Å². The summed E-state index contributed by atoms with van der Waals surface area (Å²) < 4.78 is 36.7. The third kappa shape index (κ3) is 5.82. The molecular weight excluding hydrogens is 283 g/mol. The summed E-state index contributed by atoms with van der Waals surface area (Å²) in [6.45, 7) is 2.89. The summed E-state index contributed by atoms with van der Waals surface area (Å²) in [7, 11) is 0. The predicted octanol–water partition coefficient (Wildman–Crippen LogP) is 1.52. The van der Waals surface area contributed by atoms with Crippen LogP contribution in [0.3, 0.4) is 0 Å². The molecule has 2 unspecified atom stereocenters. The summed E-state index contributed by atoms with van der Waals surface area (Å²) in [5.74, 6) is 0.289. The molecule has 2 saturated heterocycles. The topological polar surface area (TPSA) is 44.4 Å². The largest absolute Gasteiger partial charge is 0.390 e. The lowest BCUT2D eigenvalue weighted by molar-refractivity contribution is -0.138. The van der Waals surface area contributed by atoms with Gasteiger partial charge in [0.15, 0.2) is 0 Å². The molecule has 2 fully saturated rings. The normalized spacial score (nSPS) is 27.8. The third-order valence-corrected chi connectivity index (χ3v) is 4.26. The van der Waals surface area contributed by atoms with Gasteiger partial charge in [0.25, 0.3) is 0 Å². The number of hydrogen-bond acceptors (Lipinski definition) is 3. The first-order valence-corrected chi connectivity index (χ1v) is 7.74. The lowest BCUT2D eigenvalue weighted by atomic mass is 9.97. The second kappa shape index (κ2) is 7.45. The molecule has 2 aliphatic rings. The van der Waals surface area contributed by atoms with Gasteiger partial charge in [-0.05, 0) is 44.7 Å². The number of nitrogens with zero attached hydrogens (tertiary/aromatic N) is 1. The van der Waals surface area contributed by atoms with E-state index in [2.05, 4.69) is 10.6 Å². The number of nitrogens with one attached hydrogen (secondary N) is 2. The molecule has 0 aromatic heterocycles. The molecule has 2 rings (SSSR count). The number of hydrogen-bond donors (Lipinski definition) is 2. The van der Waals surface area contributed by atoms with Crippen molar-refractivity contribution in [1.29, 1.82) is 0 Å². The van der Waals surface area contributed by atoms with E-state index in [1.165, 1.54) is 0 Å². The predicted molar refractivity (Wildman–Crippen MR) is 73.9 cm³/mol. The van der Waals surface area contributed by atoms with Crippen LogP contribution in [-0.4, -0.2) is 55.7 Å². The van der Waals surface area contributed by atoms with Crippen molar-refractivity contribution < 1.29 is 18.0 Å². The fraction of sp³-hybridized carbons (Fsp3) is 0.929. The number of amides is 1. The number of likely N-dealkylation sites (tertiary alicyclic amines) is 1. The maximum absolute atomic E-state index is 12.2. The van der Waals surface area contributed by atoms with Crippen molar-refractivity contribution in [1.82, 2.24) is 15.5 Å². The minimum Gasteiger partial charge on any atom is -0.354 e. The fourth-order valence-electron chi connectivity index (χ4n) is 3.08. The van der Waals surface area contributed by atoms with Gasteiger partial charge in [0.1, 0.15) is 0 Å². The van der Waals surface area contributed by atoms with E-state index in [0.717, 1.165) is 38.8 Å². The molecule has 2 atom stereocenters. The van der Waals surface area contributed by atoms with Crippen LogP contribution < -0.4 is 10.6 Å². The molecule has 0 aliphatic carbocycles. The fourth-order valence-corrected chi connectivity index (χ4v) is 3.08. The minimum absolute atomic E-state index is 0.0277. The van der Waals surface area contributed by atoms with E-state index in [4.69, 9.17) is 0 Å². The van der Waals surface area contributed by atoms with Crippen molar-refractivity contribution in [2.75, 3.05) is 32.7 Å². The van der Waals surface area contributed by atoms with E-state index in [0.29, 0.717) is 13.1 Å². The van der Waals surface area contributed by atoms with E-state index in [1.807, 2.05) is 4.90 Å². The molecule has 4 nitrogen and oxygen atoms in total. The molecular formula is C14H24F3N3O. The summed E-state index contributed by atoms with van der Waals surface area (Å²) in [5, 5.41) is 6.08. The Morgan fingerprint density at radius 1 is 1.29 bits per heavy atom. The van der Waals surface area contributed by atoms with Crippen LogP contribution in [0.5, 0.6) is 0 Å². The van der Waals surface area contributed by atoms with Crippen LogP contribution in [0.4, 0.5) is 13.2 Å². The zero-order chi connectivity index (χ0) is 15.3. The van der Waals surface area contributed by atoms with Gasteiger partial charge < -0.3 is 15.5 Å². The van der Waals surface area contributed by atoms with Crippen molar-refractivity contribution in [3.05, 3.63) is 0 Å². The van der Waals surface area contributed by atoms with Gasteiger partial charge in [0, 0.05) is 19.6 Å². The summed E-state index contributed by atoms with van der Waals surface area (Å²) in [6, 6.07) is -0.0880. The molecule has 0 saturated carbocycles. The zero-order valence-corrected chi connectivity index (χ0v) is 12.2. The van der Waals surface area contributed by atoms with Crippen LogP contribution >= 0.6 is 0 Å². The number of carbonyl (C=O) groups is 1. The Bertz CT molecular complexity index is 343. The van der Waals surface area contributed by atoms with E-state index in [-0.39, 0.29) is 24.4 Å². The van der Waals surface area contributed by atoms with Gasteiger partial charge in [-0.15, -0.1) is 0 Å². The second-order valence-electron chi connectivity index (χ2n) is 6.07. The average molecular weight is 307 g/mol. The molecule has 1 amide bonds. The van der Waals surface area contributed by atoms with Crippen molar-refractivity contribution in [2.45, 2.75) is 44.3 Å². The van der Waals surface area contributed by atoms with Gasteiger partial charge in [-0.3, -0.25) is 4.79 Å². The maximum Gasteiger partial charge on any atom is 0.390 e. The molecule has 0 aromatic rings. The van der Waals surface area contributed by atoms with Crippen LogP contribution in [0.1, 0.15) is 32.1 Å². The lowest BCUT2D eigenvalue weighted by Crippen LogP contribution is -2.45. The minimum atomic E-state index is -4.09. The van der Waals surface area contributed by atoms with Gasteiger partial charge in [-0.25, -0.2) is 0 Å². The Balaban J connectivity index is 1.67. The SMILES string of the molecule is O=C(NCC1CCCN(CCC(F)(F)F)C1)C1CCCN1. The van der Waals surface area contributed by atoms with Crippen molar-refractivity contribution >= 4 is 5.91 Å². The summed E-state index contributed by atoms with van der Waals surface area (Å²) in [5.41, 5.74) is 0. The molecule has 0 radical (unpaired) electrons. The molecule has 0 bridgehead atoms. The Morgan fingerprint density at radius 2 is 2.10 bits per heavy atom. The summed E-state index contributed by atoms with van der Waals surface area (Å²) in [6.07, 6.45) is -1.07. The van der Waals surface area contributed by atoms with Gasteiger partial charge in [-0.2, -0.15) is 13.2 Å². The molecule has 2 heterocycles. The Morgan fingerprint density at radius 3 is 2.76 bits per heavy atom. The molecule has 2 aliphatic heterocycles. The first-order chi connectivity index (χ1) is 9.94. The highest BCUT2D eigenvalue weighted by atomic mass is 19.4. The highest BCUT2D eigenvalue weighted by molar-refractivity contribution is 5.81. The smallest absolute Gasteiger partial charge is 0.354 e. The highest BCUT2D eigenvalue weighted by Crippen LogP contribution is 2.22. The molecule has 0 aromatic carbocycles. The van der Waals surface area contributed by atoms with Crippen LogP contribution in [0, 0.1) is 5.92 Å².